The van der Waals surface area contributed by atoms with Gasteiger partial charge in [-0.2, -0.15) is 4.31 Å². The number of hydrogen-bond donors (Lipinski definition) is 1. The molecule has 0 saturated carbocycles. The fourth-order valence-corrected chi connectivity index (χ4v) is 5.48. The molecule has 0 aromatic heterocycles. The van der Waals surface area contributed by atoms with Gasteiger partial charge in [0.25, 0.3) is 5.69 Å². The molecule has 3 rings (SSSR count). The molecule has 2 aliphatic rings. The van der Waals surface area contributed by atoms with Gasteiger partial charge in [-0.05, 0) is 56.7 Å². The number of non-ortho nitro benzene ring substituents is 1. The Balaban J connectivity index is 0.00000225. The highest BCUT2D eigenvalue weighted by Gasteiger charge is 2.34. The van der Waals surface area contributed by atoms with Gasteiger partial charge in [0.05, 0.1) is 9.82 Å². The SMILES string of the molecule is Cc1cc([N+](=O)[O-])ccc1S(=O)(=O)N1CCC(C2CCCN2)CC1.Cl. The number of nitro groups is 1. The van der Waals surface area contributed by atoms with E-state index in [0.29, 0.717) is 30.6 Å². The van der Waals surface area contributed by atoms with Crippen LogP contribution < -0.4 is 5.32 Å². The molecular weight excluding hydrogens is 366 g/mol. The molecule has 1 unspecified atom stereocenters. The largest absolute Gasteiger partial charge is 0.314 e. The second kappa shape index (κ2) is 7.99. The summed E-state index contributed by atoms with van der Waals surface area (Å²) in [6.45, 7) is 3.70. The van der Waals surface area contributed by atoms with Crippen molar-refractivity contribution in [2.45, 2.75) is 43.5 Å². The van der Waals surface area contributed by atoms with Gasteiger partial charge in [-0.25, -0.2) is 8.42 Å². The standard InChI is InChI=1S/C16H23N3O4S.ClH/c1-12-11-14(19(20)21)4-5-16(12)24(22,23)18-9-6-13(7-10-18)15-3-2-8-17-15;/h4-5,11,13,15,17H,2-3,6-10H2,1H3;1H. The predicted octanol–water partition coefficient (Wildman–Crippen LogP) is 2.48. The quantitative estimate of drug-likeness (QED) is 0.630. The summed E-state index contributed by atoms with van der Waals surface area (Å²) >= 11 is 0. The molecule has 0 spiro atoms. The Hall–Kier alpha value is -1.22. The summed E-state index contributed by atoms with van der Waals surface area (Å²) in [6, 6.07) is 4.46. The van der Waals surface area contributed by atoms with E-state index in [9.17, 15) is 18.5 Å². The van der Waals surface area contributed by atoms with E-state index >= 15 is 0 Å². The van der Waals surface area contributed by atoms with Crippen molar-refractivity contribution >= 4 is 28.1 Å². The lowest BCUT2D eigenvalue weighted by Gasteiger charge is -2.34. The minimum atomic E-state index is -3.59. The first kappa shape index (κ1) is 20.1. The Morgan fingerprint density at radius 1 is 1.24 bits per heavy atom. The fraction of sp³-hybridized carbons (Fsp3) is 0.625. The monoisotopic (exact) mass is 389 g/mol. The third-order valence-electron chi connectivity index (χ3n) is 5.15. The smallest absolute Gasteiger partial charge is 0.269 e. The van der Waals surface area contributed by atoms with Gasteiger partial charge in [0.2, 0.25) is 10.0 Å². The van der Waals surface area contributed by atoms with E-state index < -0.39 is 14.9 Å². The van der Waals surface area contributed by atoms with Crippen molar-refractivity contribution in [2.24, 2.45) is 5.92 Å². The van der Waals surface area contributed by atoms with Gasteiger partial charge in [-0.15, -0.1) is 12.4 Å². The van der Waals surface area contributed by atoms with Crippen molar-refractivity contribution in [2.75, 3.05) is 19.6 Å². The van der Waals surface area contributed by atoms with Crippen LogP contribution in [-0.4, -0.2) is 43.3 Å². The summed E-state index contributed by atoms with van der Waals surface area (Å²) in [7, 11) is -3.59. The van der Waals surface area contributed by atoms with Crippen LogP contribution in [0.25, 0.3) is 0 Å². The van der Waals surface area contributed by atoms with Crippen LogP contribution in [0.1, 0.15) is 31.2 Å². The third kappa shape index (κ3) is 4.13. The zero-order valence-corrected chi connectivity index (χ0v) is 15.8. The lowest BCUT2D eigenvalue weighted by Crippen LogP contribution is -2.43. The lowest BCUT2D eigenvalue weighted by atomic mass is 9.89. The van der Waals surface area contributed by atoms with E-state index in [1.807, 2.05) is 0 Å². The number of nitrogens with one attached hydrogen (secondary N) is 1. The van der Waals surface area contributed by atoms with Gasteiger partial charge in [-0.3, -0.25) is 10.1 Å². The molecule has 9 heteroatoms. The Bertz CT molecular complexity index is 727. The summed E-state index contributed by atoms with van der Waals surface area (Å²) in [4.78, 5) is 10.5. The number of sulfonamides is 1. The van der Waals surface area contributed by atoms with Gasteiger partial charge in [0.1, 0.15) is 0 Å². The molecule has 25 heavy (non-hydrogen) atoms. The Kier molecular flexibility index (Phi) is 6.42. The van der Waals surface area contributed by atoms with E-state index in [1.165, 1.54) is 35.3 Å². The summed E-state index contributed by atoms with van der Waals surface area (Å²) in [6.07, 6.45) is 4.11. The maximum Gasteiger partial charge on any atom is 0.269 e. The van der Waals surface area contributed by atoms with Gasteiger partial charge in [-0.1, -0.05) is 0 Å². The molecule has 2 heterocycles. The van der Waals surface area contributed by atoms with Crippen molar-refractivity contribution in [3.8, 4) is 0 Å². The van der Waals surface area contributed by atoms with E-state index in [2.05, 4.69) is 5.32 Å². The van der Waals surface area contributed by atoms with Crippen LogP contribution in [0.3, 0.4) is 0 Å². The molecule has 1 N–H and O–H groups in total. The van der Waals surface area contributed by atoms with Crippen LogP contribution in [-0.2, 0) is 10.0 Å². The van der Waals surface area contributed by atoms with Crippen LogP contribution in [0, 0.1) is 23.0 Å². The molecule has 0 amide bonds. The minimum Gasteiger partial charge on any atom is -0.314 e. The summed E-state index contributed by atoms with van der Waals surface area (Å²) in [5.41, 5.74) is 0.334. The zero-order valence-electron chi connectivity index (χ0n) is 14.2. The predicted molar refractivity (Wildman–Crippen MR) is 97.6 cm³/mol. The van der Waals surface area contributed by atoms with Crippen molar-refractivity contribution in [1.82, 2.24) is 9.62 Å². The van der Waals surface area contributed by atoms with Crippen molar-refractivity contribution in [1.29, 1.82) is 0 Å². The van der Waals surface area contributed by atoms with Crippen LogP contribution in [0.5, 0.6) is 0 Å². The van der Waals surface area contributed by atoms with E-state index in [4.69, 9.17) is 0 Å². The topological polar surface area (TPSA) is 92.5 Å². The number of hydrogen-bond acceptors (Lipinski definition) is 5. The second-order valence-electron chi connectivity index (χ2n) is 6.65. The fourth-order valence-electron chi connectivity index (χ4n) is 3.81. The van der Waals surface area contributed by atoms with Gasteiger partial charge >= 0.3 is 0 Å². The number of nitrogens with zero attached hydrogens (tertiary/aromatic N) is 2. The second-order valence-corrected chi connectivity index (χ2v) is 8.56. The number of nitro benzene ring substituents is 1. The van der Waals surface area contributed by atoms with Crippen LogP contribution in [0.4, 0.5) is 5.69 Å². The van der Waals surface area contributed by atoms with Crippen LogP contribution in [0.2, 0.25) is 0 Å². The Morgan fingerprint density at radius 3 is 2.44 bits per heavy atom. The van der Waals surface area contributed by atoms with E-state index in [0.717, 1.165) is 19.4 Å². The van der Waals surface area contributed by atoms with Gasteiger partial charge in [0.15, 0.2) is 0 Å². The highest BCUT2D eigenvalue weighted by Crippen LogP contribution is 2.30. The molecule has 2 saturated heterocycles. The summed E-state index contributed by atoms with van der Waals surface area (Å²) in [5, 5.41) is 14.3. The maximum absolute atomic E-state index is 12.9. The van der Waals surface area contributed by atoms with Crippen molar-refractivity contribution in [3.63, 3.8) is 0 Å². The summed E-state index contributed by atoms with van der Waals surface area (Å²) < 4.78 is 27.2. The highest BCUT2D eigenvalue weighted by molar-refractivity contribution is 7.89. The molecule has 2 aliphatic heterocycles. The molecule has 1 aromatic carbocycles. The average molecular weight is 390 g/mol. The zero-order chi connectivity index (χ0) is 17.3. The average Bonchev–Trinajstić information content (AvgIpc) is 3.09. The first-order chi connectivity index (χ1) is 11.4. The van der Waals surface area contributed by atoms with Crippen molar-refractivity contribution < 1.29 is 13.3 Å². The molecule has 2 fully saturated rings. The van der Waals surface area contributed by atoms with Gasteiger partial charge < -0.3 is 5.32 Å². The molecule has 1 aromatic rings. The Labute approximate surface area is 154 Å². The third-order valence-corrected chi connectivity index (χ3v) is 7.21. The lowest BCUT2D eigenvalue weighted by molar-refractivity contribution is -0.385. The van der Waals surface area contributed by atoms with E-state index in [1.54, 1.807) is 6.92 Å². The van der Waals surface area contributed by atoms with Crippen molar-refractivity contribution in [3.05, 3.63) is 33.9 Å². The maximum atomic E-state index is 12.9. The number of benzene rings is 1. The Morgan fingerprint density at radius 2 is 1.92 bits per heavy atom. The summed E-state index contributed by atoms with van der Waals surface area (Å²) in [5.74, 6) is 0.539. The first-order valence-corrected chi connectivity index (χ1v) is 9.82. The minimum absolute atomic E-state index is 0. The number of aryl methyl sites for hydroxylation is 1. The molecular formula is C16H24ClN3O4S. The highest BCUT2D eigenvalue weighted by atomic mass is 35.5. The molecule has 7 nitrogen and oxygen atoms in total. The van der Waals surface area contributed by atoms with E-state index in [-0.39, 0.29) is 23.0 Å². The van der Waals surface area contributed by atoms with Crippen LogP contribution in [0.15, 0.2) is 23.1 Å². The number of rotatable bonds is 4. The molecule has 1 atom stereocenters. The number of halogens is 1. The first-order valence-electron chi connectivity index (χ1n) is 8.38. The number of piperidine rings is 1. The van der Waals surface area contributed by atoms with Gasteiger partial charge in [0, 0.05) is 31.3 Å². The van der Waals surface area contributed by atoms with Crippen LogP contribution >= 0.6 is 12.4 Å². The molecule has 0 radical (unpaired) electrons. The molecule has 0 bridgehead atoms. The normalized spacial score (nSPS) is 22.5. The molecule has 0 aliphatic carbocycles. The molecule has 140 valence electrons.